The lowest BCUT2D eigenvalue weighted by molar-refractivity contribution is -0.921. The van der Waals surface area contributed by atoms with Crippen LogP contribution in [0.3, 0.4) is 0 Å². The molecule has 0 aromatic heterocycles. The van der Waals surface area contributed by atoms with Crippen LogP contribution in [-0.2, 0) is 10.1 Å². The van der Waals surface area contributed by atoms with Crippen molar-refractivity contribution in [3.8, 4) is 0 Å². The Morgan fingerprint density at radius 1 is 0.688 bits per heavy atom. The zero-order valence-corrected chi connectivity index (χ0v) is 18.0. The minimum Gasteiger partial charge on any atom is -0.746 e. The molecule has 0 aromatic carbocycles. The third-order valence-electron chi connectivity index (χ3n) is 5.02. The van der Waals surface area contributed by atoms with Gasteiger partial charge in [0.25, 0.3) is 11.9 Å². The molecule has 2 unspecified atom stereocenters. The van der Waals surface area contributed by atoms with Gasteiger partial charge < -0.3 is 9.04 Å². The Balaban J connectivity index is 0. The average molecular weight is 525 g/mol. The first-order valence-corrected chi connectivity index (χ1v) is 10.3. The van der Waals surface area contributed by atoms with E-state index in [0.717, 1.165) is 0 Å². The summed E-state index contributed by atoms with van der Waals surface area (Å²) < 4.78 is 181. The molecule has 0 saturated heterocycles. The van der Waals surface area contributed by atoms with Crippen LogP contribution in [0.25, 0.3) is 0 Å². The normalized spacial score (nSPS) is 16.4. The molecule has 0 bridgehead atoms. The van der Waals surface area contributed by atoms with E-state index in [1.54, 1.807) is 0 Å². The maximum absolute atomic E-state index is 12.8. The van der Waals surface area contributed by atoms with Gasteiger partial charge in [-0.3, -0.25) is 0 Å². The molecule has 0 heterocycles. The van der Waals surface area contributed by atoms with E-state index in [1.807, 2.05) is 0 Å². The monoisotopic (exact) mass is 525 g/mol. The van der Waals surface area contributed by atoms with Gasteiger partial charge in [0, 0.05) is 0 Å². The van der Waals surface area contributed by atoms with Gasteiger partial charge in [0.05, 0.1) is 26.2 Å². The summed E-state index contributed by atoms with van der Waals surface area (Å²) in [6.45, 7) is 14.2. The number of hydrogen-bond donors (Lipinski definition) is 0. The first-order valence-electron chi connectivity index (χ1n) is 8.87. The van der Waals surface area contributed by atoms with E-state index in [-0.39, 0.29) is 0 Å². The average Bonchev–Trinajstić information content (AvgIpc) is 2.68. The second-order valence-electron chi connectivity index (χ2n) is 6.55. The van der Waals surface area contributed by atoms with Crippen LogP contribution in [0.1, 0.15) is 27.7 Å². The van der Waals surface area contributed by atoms with Crippen molar-refractivity contribution in [2.45, 2.75) is 69.5 Å². The molecule has 0 fully saturated rings. The van der Waals surface area contributed by atoms with E-state index in [4.69, 9.17) is 0 Å². The molecule has 0 aliphatic heterocycles. The van der Waals surface area contributed by atoms with Crippen molar-refractivity contribution in [2.24, 2.45) is 0 Å². The van der Waals surface area contributed by atoms with Gasteiger partial charge in [-0.25, -0.2) is 26.0 Å². The van der Waals surface area contributed by atoms with Crippen molar-refractivity contribution >= 4 is 10.1 Å². The Labute approximate surface area is 176 Å². The van der Waals surface area contributed by atoms with Crippen LogP contribution in [0.2, 0.25) is 0 Å². The summed E-state index contributed by atoms with van der Waals surface area (Å²) in [5.74, 6) is -29.9. The summed E-state index contributed by atoms with van der Waals surface area (Å²) in [4.78, 5) is 0. The summed E-state index contributed by atoms with van der Waals surface area (Å²) in [7, 11) is -7.05. The number of rotatable bonds is 11. The smallest absolute Gasteiger partial charge is 0.382 e. The molecule has 32 heavy (non-hydrogen) atoms. The summed E-state index contributed by atoms with van der Waals surface area (Å²) in [5.41, 5.74) is -5.64. The molecule has 196 valence electrons. The topological polar surface area (TPSA) is 57.2 Å². The van der Waals surface area contributed by atoms with Gasteiger partial charge in [-0.15, -0.1) is 0 Å². The van der Waals surface area contributed by atoms with Crippen molar-refractivity contribution in [1.82, 2.24) is 0 Å². The van der Waals surface area contributed by atoms with Gasteiger partial charge in [0.2, 0.25) is 6.17 Å². The molecule has 0 aliphatic carbocycles. The van der Waals surface area contributed by atoms with Crippen LogP contribution < -0.4 is 0 Å². The highest BCUT2D eigenvalue weighted by atomic mass is 32.2. The van der Waals surface area contributed by atoms with Crippen molar-refractivity contribution in [3.05, 3.63) is 0 Å². The summed E-state index contributed by atoms with van der Waals surface area (Å²) in [6, 6.07) is 0. The Kier molecular flexibility index (Phi) is 11.4. The van der Waals surface area contributed by atoms with Crippen LogP contribution in [0.4, 0.5) is 52.7 Å². The molecule has 0 radical (unpaired) electrons. The Hall–Kier alpha value is -0.970. The predicted octanol–water partition coefficient (Wildman–Crippen LogP) is 4.85. The zero-order valence-electron chi connectivity index (χ0n) is 17.2. The largest absolute Gasteiger partial charge is 0.746 e. The van der Waals surface area contributed by atoms with Crippen molar-refractivity contribution < 1.29 is 70.1 Å². The molecule has 0 amide bonds. The lowest BCUT2D eigenvalue weighted by Crippen LogP contribution is -2.68. The second kappa shape index (κ2) is 11.0. The lowest BCUT2D eigenvalue weighted by Gasteiger charge is -2.38. The van der Waals surface area contributed by atoms with Gasteiger partial charge in [-0.2, -0.15) is 35.1 Å². The van der Waals surface area contributed by atoms with Crippen LogP contribution in [0, 0.1) is 0 Å². The highest BCUT2D eigenvalue weighted by Gasteiger charge is 2.85. The molecule has 0 aromatic rings. The van der Waals surface area contributed by atoms with E-state index >= 15 is 0 Å². The Bertz CT molecular complexity index is 666. The van der Waals surface area contributed by atoms with Crippen LogP contribution >= 0.6 is 0 Å². The molecule has 0 N–H and O–H groups in total. The van der Waals surface area contributed by atoms with Crippen LogP contribution in [0.15, 0.2) is 0 Å². The Morgan fingerprint density at radius 3 is 1.16 bits per heavy atom. The molecular formula is C15H23F12NO3S. The van der Waals surface area contributed by atoms with Gasteiger partial charge in [0.1, 0.15) is 10.1 Å². The number of nitrogens with zero attached hydrogens (tertiary/aromatic N) is 1. The fraction of sp³-hybridized carbons (Fsp3) is 1.00. The van der Waals surface area contributed by atoms with Crippen LogP contribution in [-0.4, -0.2) is 85.4 Å². The third-order valence-corrected chi connectivity index (χ3v) is 5.82. The molecule has 0 saturated carbocycles. The summed E-state index contributed by atoms with van der Waals surface area (Å²) >= 11 is 0. The van der Waals surface area contributed by atoms with Gasteiger partial charge in [-0.05, 0) is 27.7 Å². The zero-order chi connectivity index (χ0) is 26.6. The van der Waals surface area contributed by atoms with Crippen LogP contribution in [0.5, 0.6) is 0 Å². The first kappa shape index (κ1) is 33.2. The van der Waals surface area contributed by atoms with E-state index in [9.17, 15) is 65.7 Å². The van der Waals surface area contributed by atoms with Gasteiger partial charge in [-0.1, -0.05) is 0 Å². The SMILES string of the molecule is CC[N+](CC)(CC)CC.O=S(=O)([O-])C(F)C(F)(F)C(F)(F)C(F)(F)C(F)(F)C(F)C(F)F. The number of alkyl halides is 12. The standard InChI is InChI=1S/C8H20N.C7H4F12O3S/c1-5-9(6-2,7-3)8-4;8-1(2(9)10)4(12,13)6(16,17)7(18,19)5(14,15)3(11)23(20,21)22/h5-8H2,1-4H3;1-3H,(H,20,21,22)/q+1;/p-1. The second-order valence-corrected chi connectivity index (χ2v) is 7.95. The van der Waals surface area contributed by atoms with E-state index in [2.05, 4.69) is 27.7 Å². The van der Waals surface area contributed by atoms with Gasteiger partial charge >= 0.3 is 23.7 Å². The predicted molar refractivity (Wildman–Crippen MR) is 87.7 cm³/mol. The van der Waals surface area contributed by atoms with Crippen molar-refractivity contribution in [1.29, 1.82) is 0 Å². The van der Waals surface area contributed by atoms with Crippen molar-refractivity contribution in [3.63, 3.8) is 0 Å². The summed E-state index contributed by atoms with van der Waals surface area (Å²) in [6.07, 6.45) is -10.4. The van der Waals surface area contributed by atoms with Crippen molar-refractivity contribution in [2.75, 3.05) is 26.2 Å². The fourth-order valence-electron chi connectivity index (χ4n) is 2.42. The number of hydrogen-bond acceptors (Lipinski definition) is 3. The molecule has 2 atom stereocenters. The number of quaternary nitrogens is 1. The quantitative estimate of drug-likeness (QED) is 0.220. The highest BCUT2D eigenvalue weighted by Crippen LogP contribution is 2.56. The maximum atomic E-state index is 12.8. The lowest BCUT2D eigenvalue weighted by atomic mass is 9.96. The highest BCUT2D eigenvalue weighted by molar-refractivity contribution is 7.86. The molecule has 17 heteroatoms. The first-order chi connectivity index (χ1) is 14.0. The maximum Gasteiger partial charge on any atom is 0.382 e. The minimum absolute atomic E-state index is 1.28. The molecule has 4 nitrogen and oxygen atoms in total. The number of halogens is 12. The molecule has 0 spiro atoms. The van der Waals surface area contributed by atoms with Gasteiger partial charge in [0.15, 0.2) is 0 Å². The van der Waals surface area contributed by atoms with E-state index < -0.39 is 51.9 Å². The summed E-state index contributed by atoms with van der Waals surface area (Å²) in [5, 5.41) is 0. The van der Waals surface area contributed by atoms with E-state index in [0.29, 0.717) is 0 Å². The fourth-order valence-corrected chi connectivity index (χ4v) is 2.93. The van der Waals surface area contributed by atoms with E-state index in [1.165, 1.54) is 30.7 Å². The molecule has 0 aliphatic rings. The minimum atomic E-state index is -7.72. The Morgan fingerprint density at radius 2 is 0.969 bits per heavy atom. The molecular weight excluding hydrogens is 502 g/mol. The molecule has 0 rings (SSSR count). The third kappa shape index (κ3) is 6.33.